The molecule has 6 rings (SSSR count). The predicted molar refractivity (Wildman–Crippen MR) is 241 cm³/mol. The van der Waals surface area contributed by atoms with E-state index in [1.807, 2.05) is 0 Å². The van der Waals surface area contributed by atoms with Crippen molar-refractivity contribution in [2.24, 2.45) is 20.5 Å². The molecule has 6 aromatic rings. The molecule has 0 atom stereocenters. The van der Waals surface area contributed by atoms with Gasteiger partial charge in [-0.05, 0) is 81.2 Å². The Balaban J connectivity index is -0.00000249. The molecule has 0 aliphatic heterocycles. The molecule has 0 unspecified atom stereocenters. The fraction of sp³-hybridized carbons (Fsp3) is 0.200. The average molecular weight is 1280 g/mol. The zero-order valence-corrected chi connectivity index (χ0v) is 52.1. The molecule has 6 aromatic carbocycles. The van der Waals surface area contributed by atoms with Gasteiger partial charge >= 0.3 is 142 Å². The summed E-state index contributed by atoms with van der Waals surface area (Å²) in [5.41, 5.74) is 7.32. The fourth-order valence-electron chi connectivity index (χ4n) is 6.08. The number of hydrogen-bond donors (Lipinski definition) is 6. The van der Waals surface area contributed by atoms with Crippen LogP contribution in [-0.2, 0) is 74.6 Å². The van der Waals surface area contributed by atoms with Crippen molar-refractivity contribution in [2.45, 2.75) is 19.6 Å². The molecule has 8 N–H and O–H groups in total. The van der Waals surface area contributed by atoms with Crippen molar-refractivity contribution in [3.63, 3.8) is 0 Å². The van der Waals surface area contributed by atoms with E-state index in [1.165, 1.54) is 12.1 Å². The van der Waals surface area contributed by atoms with Crippen molar-refractivity contribution in [1.82, 2.24) is 0 Å². The second-order valence-electron chi connectivity index (χ2n) is 14.1. The second kappa shape index (κ2) is 35.1. The van der Waals surface area contributed by atoms with Crippen LogP contribution >= 0.6 is 0 Å². The number of fused-ring (bicyclic) bond motifs is 2. The molecule has 0 saturated heterocycles. The number of anilines is 2. The summed E-state index contributed by atoms with van der Waals surface area (Å²) in [5, 5.41) is 104. The standard InChI is InChI=1S/C32H24N6O16S4.2C4H10NO2.2Cu.Li.3Na/c33-19-11-17(55(43,44)45)5-15-9-25(57(49,50)51)29(31(41)27(15)19)37-35-21-3-1-13(7-23(21)39)14-2-4-22(24(40)8-14)36-38-30-26(58(52,53)54)10-16-6-18(56(46,47)48)12-20(34)28(16)32(30)42;2*6-3-1-5-2-4-7;;;;;;/h1-12,39-42H,33-34H2,(H,43,44,45)(H,46,47,48)(H,49,50,51)(H,52,53,54);2*6-7H,1-4H2;;;;;;/q;2*-1;2*+2;4*+1/p-8. The van der Waals surface area contributed by atoms with Gasteiger partial charge in [-0.25, -0.2) is 33.7 Å². The third kappa shape index (κ3) is 21.9. The summed E-state index contributed by atoms with van der Waals surface area (Å²) in [7, 11) is -21.3. The number of nitrogens with zero attached hydrogens (tertiary/aromatic N) is 6. The summed E-state index contributed by atoms with van der Waals surface area (Å²) >= 11 is 0. The van der Waals surface area contributed by atoms with Crippen molar-refractivity contribution in [2.75, 3.05) is 64.1 Å². The van der Waals surface area contributed by atoms with Crippen molar-refractivity contribution < 1.29 is 234 Å². The molecule has 408 valence electrons. The first-order valence-corrected chi connectivity index (χ1v) is 25.4. The maximum Gasteiger partial charge on any atom is 2.00 e. The van der Waals surface area contributed by atoms with Crippen LogP contribution in [0.2, 0.25) is 0 Å². The Morgan fingerprint density at radius 1 is 0.449 bits per heavy atom. The maximum atomic E-state index is 13.2. The van der Waals surface area contributed by atoms with Gasteiger partial charge in [0.1, 0.15) is 40.5 Å². The van der Waals surface area contributed by atoms with E-state index in [-0.39, 0.29) is 179 Å². The van der Waals surface area contributed by atoms with Gasteiger partial charge in [0.2, 0.25) is 0 Å². The van der Waals surface area contributed by atoms with Crippen LogP contribution in [0, 0.1) is 0 Å². The number of azo groups is 2. The number of benzene rings is 6. The van der Waals surface area contributed by atoms with E-state index < -0.39 is 139 Å². The van der Waals surface area contributed by atoms with Crippen LogP contribution in [0.4, 0.5) is 34.1 Å². The van der Waals surface area contributed by atoms with Gasteiger partial charge in [0.15, 0.2) is 0 Å². The summed E-state index contributed by atoms with van der Waals surface area (Å²) in [5.74, 6) is -4.43. The van der Waals surface area contributed by atoms with Crippen molar-refractivity contribution in [3.05, 3.63) is 83.4 Å². The van der Waals surface area contributed by atoms with E-state index >= 15 is 0 Å². The van der Waals surface area contributed by atoms with Gasteiger partial charge in [0.25, 0.3) is 0 Å². The van der Waals surface area contributed by atoms with Crippen LogP contribution in [-0.4, -0.2) is 125 Å². The molecular weight excluding hydrogens is 1240 g/mol. The molecule has 0 bridgehead atoms. The van der Waals surface area contributed by atoms with Crippen LogP contribution in [0.25, 0.3) is 43.3 Å². The molecule has 38 heteroatoms. The third-order valence-corrected chi connectivity index (χ3v) is 12.5. The summed E-state index contributed by atoms with van der Waals surface area (Å²) in [4.78, 5) is -4.38. The average Bonchev–Trinajstić information content (AvgIpc) is 3.28. The zero-order chi connectivity index (χ0) is 53.9. The molecule has 0 aromatic heterocycles. The Kier molecular flexibility index (Phi) is 36.1. The van der Waals surface area contributed by atoms with Gasteiger partial charge in [0.05, 0.1) is 42.3 Å². The topological polar surface area (TPSA) is 532 Å². The van der Waals surface area contributed by atoms with Gasteiger partial charge in [-0.3, -0.25) is 0 Å². The number of nitrogen functional groups attached to an aromatic ring is 2. The monoisotopic (exact) mass is 1280 g/mol. The molecule has 0 saturated carbocycles. The quantitative estimate of drug-likeness (QED) is 0.0162. The van der Waals surface area contributed by atoms with Crippen LogP contribution in [0.3, 0.4) is 0 Å². The first-order chi connectivity index (χ1) is 33.6. The molecule has 0 aliphatic carbocycles. The fourth-order valence-corrected chi connectivity index (χ4v) is 8.44. The third-order valence-electron chi connectivity index (χ3n) is 9.19. The Morgan fingerprint density at radius 3 is 0.987 bits per heavy atom. The first-order valence-electron chi connectivity index (χ1n) is 19.7. The number of hydrogen-bond acceptors (Lipinski definition) is 26. The van der Waals surface area contributed by atoms with Crippen molar-refractivity contribution in [3.8, 4) is 34.1 Å². The number of aliphatic hydroxyl groups is 4. The summed E-state index contributed by atoms with van der Waals surface area (Å²) in [6, 6.07) is 10.1. The Bertz CT molecular complexity index is 3310. The Labute approximate surface area is 545 Å². The molecule has 0 amide bonds. The van der Waals surface area contributed by atoms with Crippen LogP contribution < -0.4 is 139 Å². The van der Waals surface area contributed by atoms with Crippen molar-refractivity contribution >= 4 is 96.1 Å². The molecule has 0 fully saturated rings. The number of rotatable bonds is 17. The van der Waals surface area contributed by atoms with Crippen LogP contribution in [0.15, 0.2) is 113 Å². The summed E-state index contributed by atoms with van der Waals surface area (Å²) in [6.07, 6.45) is 0. The Morgan fingerprint density at radius 2 is 0.744 bits per heavy atom. The molecular formula is C40H36Cu2LiN8Na3O20S4-2. The van der Waals surface area contributed by atoms with E-state index in [0.717, 1.165) is 24.3 Å². The van der Waals surface area contributed by atoms with E-state index in [0.29, 0.717) is 62.6 Å². The van der Waals surface area contributed by atoms with Gasteiger partial charge in [-0.2, -0.15) is 10.2 Å². The van der Waals surface area contributed by atoms with Gasteiger partial charge < -0.3 is 81.2 Å². The van der Waals surface area contributed by atoms with E-state index in [9.17, 15) is 72.3 Å². The summed E-state index contributed by atoms with van der Waals surface area (Å²) < 4.78 is 141. The minimum atomic E-state index is -5.50. The molecule has 78 heavy (non-hydrogen) atoms. The van der Waals surface area contributed by atoms with Gasteiger partial charge in [0, 0.05) is 37.8 Å². The first kappa shape index (κ1) is 80.1. The smallest absolute Gasteiger partial charge is 0.871 e. The van der Waals surface area contributed by atoms with Crippen LogP contribution in [0.1, 0.15) is 0 Å². The molecule has 28 nitrogen and oxygen atoms in total. The molecule has 0 spiro atoms. The predicted octanol–water partition coefficient (Wildman–Crippen LogP) is -11.7. The van der Waals surface area contributed by atoms with E-state index in [2.05, 4.69) is 31.1 Å². The van der Waals surface area contributed by atoms with Crippen LogP contribution in [0.5, 0.6) is 23.0 Å². The summed E-state index contributed by atoms with van der Waals surface area (Å²) in [6.45, 7) is 2.11. The molecule has 2 radical (unpaired) electrons. The minimum absolute atomic E-state index is 0. The maximum absolute atomic E-state index is 13.2. The second-order valence-corrected chi connectivity index (χ2v) is 19.6. The number of nitrogens with two attached hydrogens (primary N) is 2. The minimum Gasteiger partial charge on any atom is -0.871 e. The Hall–Kier alpha value is -2.12. The molecule has 0 heterocycles. The van der Waals surface area contributed by atoms with E-state index in [1.54, 1.807) is 0 Å². The molecule has 0 aliphatic rings. The largest absolute Gasteiger partial charge is 2.00 e. The van der Waals surface area contributed by atoms with Crippen molar-refractivity contribution in [1.29, 1.82) is 0 Å². The van der Waals surface area contributed by atoms with Gasteiger partial charge in [-0.15, -0.1) is 36.4 Å². The zero-order valence-electron chi connectivity index (χ0n) is 41.0. The SMILES string of the molecule is Nc1cc(S(=O)(=O)[O-])cc2cc(S(=O)(=O)[O-])c(N=Nc3ccc(-c4ccc(N=Nc5c(S(=O)(=O)[O-])cc6cc(S(=O)(=O)[O-])cc(N)c6c5[O-])c([O-])c4)cc3[O-])c([O-])c12.OCC[N-]CCO.OCC[N-]CCO.[Cu+2].[Cu+2].[Li+].[Na+].[Na+].[Na+]. The normalized spacial score (nSPS) is 11.3. The van der Waals surface area contributed by atoms with Gasteiger partial charge in [-0.1, -0.05) is 47.3 Å². The van der Waals surface area contributed by atoms with E-state index in [4.69, 9.17) is 31.9 Å². The number of aliphatic hydroxyl groups excluding tert-OH is 4.